The molecular weight excluding hydrogens is 410 g/mol. The molecule has 0 unspecified atom stereocenters. The highest BCUT2D eigenvalue weighted by molar-refractivity contribution is 7.19. The Hall–Kier alpha value is -3.26. The van der Waals surface area contributed by atoms with E-state index in [0.29, 0.717) is 12.3 Å². The molecular formula is C23H25N5O2S. The van der Waals surface area contributed by atoms with Crippen LogP contribution in [0.1, 0.15) is 38.6 Å². The Labute approximate surface area is 185 Å². The number of carbonyl (C=O) groups is 1. The van der Waals surface area contributed by atoms with Crippen molar-refractivity contribution < 1.29 is 9.53 Å². The number of nitrogens with zero attached hydrogens (tertiary/aromatic N) is 4. The topological polar surface area (TPSA) is 81.4 Å². The van der Waals surface area contributed by atoms with Gasteiger partial charge in [-0.2, -0.15) is 9.61 Å². The molecule has 2 aromatic carbocycles. The minimum atomic E-state index is -0.971. The molecule has 0 aliphatic carbocycles. The lowest BCUT2D eigenvalue weighted by Gasteiger charge is -2.25. The van der Waals surface area contributed by atoms with E-state index >= 15 is 0 Å². The largest absolute Gasteiger partial charge is 0.478 e. The fourth-order valence-corrected chi connectivity index (χ4v) is 4.01. The fourth-order valence-electron chi connectivity index (χ4n) is 3.14. The van der Waals surface area contributed by atoms with E-state index in [2.05, 4.69) is 27.5 Å². The highest BCUT2D eigenvalue weighted by Crippen LogP contribution is 2.26. The van der Waals surface area contributed by atoms with Gasteiger partial charge in [0.25, 0.3) is 5.91 Å². The second-order valence-electron chi connectivity index (χ2n) is 7.77. The van der Waals surface area contributed by atoms with E-state index < -0.39 is 5.60 Å². The third-order valence-corrected chi connectivity index (χ3v) is 5.79. The van der Waals surface area contributed by atoms with Crippen LogP contribution in [0.4, 0.5) is 0 Å². The Morgan fingerprint density at radius 3 is 2.55 bits per heavy atom. The second-order valence-corrected chi connectivity index (χ2v) is 8.73. The normalized spacial score (nSPS) is 11.6. The van der Waals surface area contributed by atoms with Crippen LogP contribution in [-0.2, 0) is 17.8 Å². The van der Waals surface area contributed by atoms with Crippen LogP contribution < -0.4 is 10.1 Å². The van der Waals surface area contributed by atoms with Crippen molar-refractivity contribution in [3.8, 4) is 16.3 Å². The number of aromatic nitrogens is 4. The van der Waals surface area contributed by atoms with E-state index in [0.717, 1.165) is 39.8 Å². The van der Waals surface area contributed by atoms with Gasteiger partial charge < -0.3 is 10.1 Å². The van der Waals surface area contributed by atoms with Crippen LogP contribution in [0, 0.1) is 0 Å². The highest BCUT2D eigenvalue weighted by Gasteiger charge is 2.29. The van der Waals surface area contributed by atoms with Crippen molar-refractivity contribution in [1.29, 1.82) is 0 Å². The van der Waals surface area contributed by atoms with Crippen LogP contribution in [0.2, 0.25) is 0 Å². The lowest BCUT2D eigenvalue weighted by molar-refractivity contribution is -0.134. The van der Waals surface area contributed by atoms with E-state index in [4.69, 9.17) is 4.74 Å². The molecule has 8 heteroatoms. The number of hydrogen-bond donors (Lipinski definition) is 1. The molecule has 160 valence electrons. The molecule has 31 heavy (non-hydrogen) atoms. The number of aryl methyl sites for hydroxylation is 1. The number of ether oxygens (including phenoxy) is 1. The predicted octanol–water partition coefficient (Wildman–Crippen LogP) is 4.28. The van der Waals surface area contributed by atoms with E-state index in [1.165, 1.54) is 11.3 Å². The molecule has 4 aromatic rings. The Bertz CT molecular complexity index is 1170. The molecule has 0 radical (unpaired) electrons. The SMILES string of the molecule is CCCc1nnc2sc(-c3ccc(CNC(=O)C(C)(C)Oc4ccccc4)cc3)nn12. The van der Waals surface area contributed by atoms with Gasteiger partial charge in [0.2, 0.25) is 4.96 Å². The summed E-state index contributed by atoms with van der Waals surface area (Å²) in [6.45, 7) is 6.06. The Morgan fingerprint density at radius 2 is 1.84 bits per heavy atom. The van der Waals surface area contributed by atoms with Gasteiger partial charge in [0.05, 0.1) is 0 Å². The standard InChI is InChI=1S/C23H25N5O2S/c1-4-8-19-25-26-22-28(19)27-20(31-22)17-13-11-16(12-14-17)15-24-21(29)23(2,3)30-18-9-6-5-7-10-18/h5-7,9-14H,4,8,15H2,1-3H3,(H,24,29). The minimum absolute atomic E-state index is 0.169. The van der Waals surface area contributed by atoms with Crippen molar-refractivity contribution in [3.63, 3.8) is 0 Å². The summed E-state index contributed by atoms with van der Waals surface area (Å²) in [5.74, 6) is 1.39. The summed E-state index contributed by atoms with van der Waals surface area (Å²) in [5.41, 5.74) is 1.05. The molecule has 0 atom stereocenters. The van der Waals surface area contributed by atoms with Gasteiger partial charge in [0, 0.05) is 18.5 Å². The third-order valence-electron chi connectivity index (χ3n) is 4.85. The quantitative estimate of drug-likeness (QED) is 0.447. The number of para-hydroxylation sites is 1. The van der Waals surface area contributed by atoms with Crippen molar-refractivity contribution >= 4 is 22.2 Å². The van der Waals surface area contributed by atoms with Crippen molar-refractivity contribution in [3.05, 3.63) is 66.0 Å². The molecule has 2 aromatic heterocycles. The van der Waals surface area contributed by atoms with Gasteiger partial charge in [-0.15, -0.1) is 10.2 Å². The number of nitrogens with one attached hydrogen (secondary N) is 1. The predicted molar refractivity (Wildman–Crippen MR) is 121 cm³/mol. The van der Waals surface area contributed by atoms with Crippen molar-refractivity contribution in [2.75, 3.05) is 0 Å². The van der Waals surface area contributed by atoms with Crippen LogP contribution in [0.5, 0.6) is 5.75 Å². The van der Waals surface area contributed by atoms with Gasteiger partial charge in [0.1, 0.15) is 10.8 Å². The summed E-state index contributed by atoms with van der Waals surface area (Å²) in [5, 5.41) is 16.9. The van der Waals surface area contributed by atoms with Gasteiger partial charge >= 0.3 is 0 Å². The summed E-state index contributed by atoms with van der Waals surface area (Å²) in [6, 6.07) is 17.4. The Balaban J connectivity index is 1.39. The first-order chi connectivity index (χ1) is 15.0. The summed E-state index contributed by atoms with van der Waals surface area (Å²) in [4.78, 5) is 13.4. The van der Waals surface area contributed by atoms with Gasteiger partial charge in [-0.3, -0.25) is 4.79 Å². The first-order valence-corrected chi connectivity index (χ1v) is 11.1. The molecule has 0 saturated carbocycles. The first kappa shape index (κ1) is 21.0. The number of rotatable bonds is 8. The van der Waals surface area contributed by atoms with Crippen molar-refractivity contribution in [1.82, 2.24) is 25.1 Å². The van der Waals surface area contributed by atoms with Gasteiger partial charge in [0.15, 0.2) is 11.4 Å². The zero-order chi connectivity index (χ0) is 21.8. The van der Waals surface area contributed by atoms with E-state index in [1.54, 1.807) is 13.8 Å². The van der Waals surface area contributed by atoms with Crippen molar-refractivity contribution in [2.24, 2.45) is 0 Å². The summed E-state index contributed by atoms with van der Waals surface area (Å²) in [6.07, 6.45) is 1.86. The molecule has 0 fully saturated rings. The lowest BCUT2D eigenvalue weighted by Crippen LogP contribution is -2.46. The number of hydrogen-bond acceptors (Lipinski definition) is 6. The molecule has 1 amide bonds. The van der Waals surface area contributed by atoms with Crippen LogP contribution in [0.25, 0.3) is 15.5 Å². The third kappa shape index (κ3) is 4.74. The van der Waals surface area contributed by atoms with Crippen LogP contribution in [-0.4, -0.2) is 31.3 Å². The fraction of sp³-hybridized carbons (Fsp3) is 0.304. The molecule has 7 nitrogen and oxygen atoms in total. The maximum absolute atomic E-state index is 12.6. The maximum atomic E-state index is 12.6. The number of benzene rings is 2. The second kappa shape index (κ2) is 8.85. The van der Waals surface area contributed by atoms with Crippen LogP contribution in [0.15, 0.2) is 54.6 Å². The molecule has 0 bridgehead atoms. The zero-order valence-electron chi connectivity index (χ0n) is 17.8. The molecule has 0 aliphatic rings. The minimum Gasteiger partial charge on any atom is -0.478 e. The van der Waals surface area contributed by atoms with Gasteiger partial charge in [-0.25, -0.2) is 0 Å². The summed E-state index contributed by atoms with van der Waals surface area (Å²) >= 11 is 1.52. The molecule has 0 saturated heterocycles. The molecule has 1 N–H and O–H groups in total. The van der Waals surface area contributed by atoms with Gasteiger partial charge in [-0.1, -0.05) is 60.7 Å². The first-order valence-electron chi connectivity index (χ1n) is 10.3. The maximum Gasteiger partial charge on any atom is 0.263 e. The molecule has 0 spiro atoms. The zero-order valence-corrected chi connectivity index (χ0v) is 18.6. The average molecular weight is 436 g/mol. The monoisotopic (exact) mass is 435 g/mol. The number of carbonyl (C=O) groups excluding carboxylic acids is 1. The number of fused-ring (bicyclic) bond motifs is 1. The molecule has 0 aliphatic heterocycles. The molecule has 4 rings (SSSR count). The van der Waals surface area contributed by atoms with E-state index in [9.17, 15) is 4.79 Å². The Morgan fingerprint density at radius 1 is 1.10 bits per heavy atom. The smallest absolute Gasteiger partial charge is 0.263 e. The average Bonchev–Trinajstić information content (AvgIpc) is 3.35. The summed E-state index contributed by atoms with van der Waals surface area (Å²) < 4.78 is 7.67. The van der Waals surface area contributed by atoms with E-state index in [-0.39, 0.29) is 5.91 Å². The van der Waals surface area contributed by atoms with Crippen LogP contribution >= 0.6 is 11.3 Å². The van der Waals surface area contributed by atoms with Gasteiger partial charge in [-0.05, 0) is 38.0 Å². The molecule has 2 heterocycles. The van der Waals surface area contributed by atoms with E-state index in [1.807, 2.05) is 59.1 Å². The summed E-state index contributed by atoms with van der Waals surface area (Å²) in [7, 11) is 0. The lowest BCUT2D eigenvalue weighted by atomic mass is 10.1. The highest BCUT2D eigenvalue weighted by atomic mass is 32.1. The Kier molecular flexibility index (Phi) is 5.99. The van der Waals surface area contributed by atoms with Crippen LogP contribution in [0.3, 0.4) is 0 Å². The van der Waals surface area contributed by atoms with Crippen molar-refractivity contribution in [2.45, 2.75) is 45.8 Å². The number of amides is 1.